The number of aromatic nitrogens is 1. The molecule has 0 radical (unpaired) electrons. The minimum Gasteiger partial charge on any atom is -0.447 e. The molecule has 0 aliphatic rings. The van der Waals surface area contributed by atoms with E-state index in [9.17, 15) is 4.79 Å². The lowest BCUT2D eigenvalue weighted by Crippen LogP contribution is -2.14. The third kappa shape index (κ3) is 2.45. The number of benzene rings is 1. The van der Waals surface area contributed by atoms with Crippen LogP contribution in [0, 0.1) is 11.3 Å². The van der Waals surface area contributed by atoms with Crippen LogP contribution in [0.5, 0.6) is 0 Å². The van der Waals surface area contributed by atoms with E-state index in [1.807, 2.05) is 30.3 Å². The predicted octanol–water partition coefficient (Wildman–Crippen LogP) is 2.17. The molecule has 2 aromatic rings. The molecule has 17 heavy (non-hydrogen) atoms. The Labute approximate surface area is 98.8 Å². The quantitative estimate of drug-likeness (QED) is 0.818. The maximum absolute atomic E-state index is 11.5. The molecule has 1 aromatic heterocycles. The molecule has 0 spiro atoms. The number of carbonyl (C=O) groups is 1. The molecule has 0 saturated heterocycles. The zero-order valence-corrected chi connectivity index (χ0v) is 9.43. The normalized spacial score (nSPS) is 12.0. The molecular formula is C13H12N2O2. The Morgan fingerprint density at radius 3 is 3.06 bits per heavy atom. The minimum absolute atomic E-state index is 0.177. The van der Waals surface area contributed by atoms with E-state index in [0.29, 0.717) is 0 Å². The maximum atomic E-state index is 11.5. The molecule has 1 aromatic carbocycles. The van der Waals surface area contributed by atoms with Crippen molar-refractivity contribution in [2.24, 2.45) is 0 Å². The largest absolute Gasteiger partial charge is 0.447 e. The number of H-pyrrole nitrogens is 1. The maximum Gasteiger partial charge on any atom is 0.311 e. The van der Waals surface area contributed by atoms with Crippen LogP contribution < -0.4 is 0 Å². The SMILES string of the molecule is C[C@H](C#N)OC(=O)Cc1c[nH]c2ccccc12. The van der Waals surface area contributed by atoms with Gasteiger partial charge in [0.1, 0.15) is 6.07 Å². The zero-order chi connectivity index (χ0) is 12.3. The summed E-state index contributed by atoms with van der Waals surface area (Å²) in [5, 5.41) is 9.56. The number of rotatable bonds is 3. The van der Waals surface area contributed by atoms with Crippen LogP contribution in [0.2, 0.25) is 0 Å². The van der Waals surface area contributed by atoms with Crippen molar-refractivity contribution in [2.75, 3.05) is 0 Å². The molecule has 4 nitrogen and oxygen atoms in total. The van der Waals surface area contributed by atoms with Gasteiger partial charge in [-0.3, -0.25) is 4.79 Å². The molecule has 4 heteroatoms. The second kappa shape index (κ2) is 4.71. The number of aromatic amines is 1. The van der Waals surface area contributed by atoms with E-state index in [0.717, 1.165) is 16.5 Å². The van der Waals surface area contributed by atoms with E-state index in [1.165, 1.54) is 0 Å². The Balaban J connectivity index is 2.14. The first-order valence-corrected chi connectivity index (χ1v) is 5.35. The van der Waals surface area contributed by atoms with Crippen LogP contribution in [0.4, 0.5) is 0 Å². The van der Waals surface area contributed by atoms with E-state index < -0.39 is 6.10 Å². The van der Waals surface area contributed by atoms with E-state index in [-0.39, 0.29) is 12.4 Å². The van der Waals surface area contributed by atoms with Crippen LogP contribution in [0.1, 0.15) is 12.5 Å². The number of nitrogens with one attached hydrogen (secondary N) is 1. The molecule has 0 saturated carbocycles. The van der Waals surface area contributed by atoms with Gasteiger partial charge >= 0.3 is 5.97 Å². The van der Waals surface area contributed by atoms with Gasteiger partial charge in [0.05, 0.1) is 6.42 Å². The van der Waals surface area contributed by atoms with Crippen LogP contribution in [-0.4, -0.2) is 17.1 Å². The van der Waals surface area contributed by atoms with Crippen molar-refractivity contribution in [1.82, 2.24) is 4.98 Å². The van der Waals surface area contributed by atoms with E-state index in [4.69, 9.17) is 10.00 Å². The van der Waals surface area contributed by atoms with Gasteiger partial charge in [-0.2, -0.15) is 5.26 Å². The summed E-state index contributed by atoms with van der Waals surface area (Å²) in [5.41, 5.74) is 1.87. The first-order valence-electron chi connectivity index (χ1n) is 5.35. The Hall–Kier alpha value is -2.28. The Bertz CT molecular complexity index is 580. The number of ether oxygens (including phenoxy) is 1. The van der Waals surface area contributed by atoms with Crippen molar-refractivity contribution < 1.29 is 9.53 Å². The molecule has 0 fully saturated rings. The van der Waals surface area contributed by atoms with Gasteiger partial charge in [-0.1, -0.05) is 18.2 Å². The summed E-state index contributed by atoms with van der Waals surface area (Å²) in [7, 11) is 0. The second-order valence-corrected chi connectivity index (χ2v) is 3.80. The molecule has 0 aliphatic heterocycles. The minimum atomic E-state index is -0.701. The second-order valence-electron chi connectivity index (χ2n) is 3.80. The van der Waals surface area contributed by atoms with Gasteiger partial charge in [-0.25, -0.2) is 0 Å². The average molecular weight is 228 g/mol. The number of nitrogens with zero attached hydrogens (tertiary/aromatic N) is 1. The first kappa shape index (κ1) is 11.2. The van der Waals surface area contributed by atoms with Gasteiger partial charge in [0, 0.05) is 17.1 Å². The van der Waals surface area contributed by atoms with Crippen LogP contribution in [-0.2, 0) is 16.0 Å². The van der Waals surface area contributed by atoms with Crippen molar-refractivity contribution in [3.63, 3.8) is 0 Å². The van der Waals surface area contributed by atoms with E-state index in [1.54, 1.807) is 13.1 Å². The van der Waals surface area contributed by atoms with Crippen molar-refractivity contribution in [3.05, 3.63) is 36.0 Å². The zero-order valence-electron chi connectivity index (χ0n) is 9.43. The topological polar surface area (TPSA) is 65.9 Å². The van der Waals surface area contributed by atoms with Crippen molar-refractivity contribution in [3.8, 4) is 6.07 Å². The summed E-state index contributed by atoms with van der Waals surface area (Å²) in [5.74, 6) is -0.385. The number of para-hydroxylation sites is 1. The lowest BCUT2D eigenvalue weighted by atomic mass is 10.1. The van der Waals surface area contributed by atoms with Gasteiger partial charge in [0.25, 0.3) is 0 Å². The van der Waals surface area contributed by atoms with Crippen molar-refractivity contribution >= 4 is 16.9 Å². The van der Waals surface area contributed by atoms with Crippen LogP contribution in [0.15, 0.2) is 30.5 Å². The standard InChI is InChI=1S/C13H12N2O2/c1-9(7-14)17-13(16)6-10-8-15-12-5-3-2-4-11(10)12/h2-5,8-9,15H,6H2,1H3/t9-/m1/s1. The molecule has 0 bridgehead atoms. The third-order valence-electron chi connectivity index (χ3n) is 2.50. The number of hydrogen-bond acceptors (Lipinski definition) is 3. The number of hydrogen-bond donors (Lipinski definition) is 1. The Morgan fingerprint density at radius 1 is 1.53 bits per heavy atom. The van der Waals surface area contributed by atoms with Gasteiger partial charge in [-0.05, 0) is 18.6 Å². The summed E-state index contributed by atoms with van der Waals surface area (Å²) in [6, 6.07) is 9.60. The number of fused-ring (bicyclic) bond motifs is 1. The summed E-state index contributed by atoms with van der Waals surface area (Å²) >= 11 is 0. The van der Waals surface area contributed by atoms with Crippen LogP contribution >= 0.6 is 0 Å². The number of nitriles is 1. The summed E-state index contributed by atoms with van der Waals surface area (Å²) in [4.78, 5) is 14.6. The lowest BCUT2D eigenvalue weighted by molar-refractivity contribution is -0.145. The molecule has 1 N–H and O–H groups in total. The number of esters is 1. The number of carbonyl (C=O) groups excluding carboxylic acids is 1. The average Bonchev–Trinajstić information content (AvgIpc) is 2.72. The Kier molecular flexibility index (Phi) is 3.10. The third-order valence-corrected chi connectivity index (χ3v) is 2.50. The Morgan fingerprint density at radius 2 is 2.29 bits per heavy atom. The molecule has 1 atom stereocenters. The lowest BCUT2D eigenvalue weighted by Gasteiger charge is -2.04. The highest BCUT2D eigenvalue weighted by Crippen LogP contribution is 2.18. The van der Waals surface area contributed by atoms with Gasteiger partial charge in [-0.15, -0.1) is 0 Å². The van der Waals surface area contributed by atoms with Crippen molar-refractivity contribution in [1.29, 1.82) is 5.26 Å². The molecule has 1 heterocycles. The predicted molar refractivity (Wildman–Crippen MR) is 63.2 cm³/mol. The smallest absolute Gasteiger partial charge is 0.311 e. The molecule has 0 amide bonds. The monoisotopic (exact) mass is 228 g/mol. The molecular weight excluding hydrogens is 216 g/mol. The molecule has 2 rings (SSSR count). The van der Waals surface area contributed by atoms with Crippen molar-refractivity contribution in [2.45, 2.75) is 19.4 Å². The highest BCUT2D eigenvalue weighted by molar-refractivity contribution is 5.87. The molecule has 0 unspecified atom stereocenters. The summed E-state index contributed by atoms with van der Waals surface area (Å²) < 4.78 is 4.91. The van der Waals surface area contributed by atoms with E-state index in [2.05, 4.69) is 4.98 Å². The molecule has 86 valence electrons. The van der Waals surface area contributed by atoms with E-state index >= 15 is 0 Å². The fourth-order valence-corrected chi connectivity index (χ4v) is 1.70. The van der Waals surface area contributed by atoms with Gasteiger partial charge in [0.2, 0.25) is 0 Å². The van der Waals surface area contributed by atoms with Gasteiger partial charge in [0.15, 0.2) is 6.10 Å². The van der Waals surface area contributed by atoms with Gasteiger partial charge < -0.3 is 9.72 Å². The summed E-state index contributed by atoms with van der Waals surface area (Å²) in [6.07, 6.45) is 1.27. The fourth-order valence-electron chi connectivity index (χ4n) is 1.70. The first-order chi connectivity index (χ1) is 8.20. The summed E-state index contributed by atoms with van der Waals surface area (Å²) in [6.45, 7) is 1.55. The van der Waals surface area contributed by atoms with Crippen LogP contribution in [0.25, 0.3) is 10.9 Å². The highest BCUT2D eigenvalue weighted by Gasteiger charge is 2.12. The highest BCUT2D eigenvalue weighted by atomic mass is 16.5. The van der Waals surface area contributed by atoms with Crippen LogP contribution in [0.3, 0.4) is 0 Å². The fraction of sp³-hybridized carbons (Fsp3) is 0.231. The molecule has 0 aliphatic carbocycles.